The van der Waals surface area contributed by atoms with Gasteiger partial charge < -0.3 is 9.47 Å². The molecule has 4 saturated carbocycles. The first-order valence-corrected chi connectivity index (χ1v) is 17.4. The molecule has 2 heteroatoms. The fraction of sp³-hybridized carbons (Fsp3) is 1.00. The molecule has 212 valence electrons. The van der Waals surface area contributed by atoms with E-state index in [9.17, 15) is 0 Å². The Morgan fingerprint density at radius 2 is 0.649 bits per heavy atom. The molecule has 6 fully saturated rings. The van der Waals surface area contributed by atoms with Gasteiger partial charge in [-0.05, 0) is 80.0 Å². The van der Waals surface area contributed by atoms with Crippen LogP contribution in [0.25, 0.3) is 0 Å². The average Bonchev–Trinajstić information content (AvgIpc) is 3.82. The molecule has 0 amide bonds. The zero-order valence-corrected chi connectivity index (χ0v) is 24.6. The van der Waals surface area contributed by atoms with Crippen LogP contribution in [0.5, 0.6) is 0 Å². The van der Waals surface area contributed by atoms with Crippen molar-refractivity contribution in [2.75, 3.05) is 0 Å². The molecule has 0 N–H and O–H groups in total. The summed E-state index contributed by atoms with van der Waals surface area (Å²) in [5.74, 6) is 8.37. The zero-order chi connectivity index (χ0) is 25.2. The quantitative estimate of drug-likeness (QED) is 0.272. The lowest BCUT2D eigenvalue weighted by Gasteiger charge is -2.37. The van der Waals surface area contributed by atoms with Gasteiger partial charge in [-0.2, -0.15) is 0 Å². The summed E-state index contributed by atoms with van der Waals surface area (Å²) < 4.78 is 11.6. The van der Waals surface area contributed by atoms with E-state index in [-0.39, 0.29) is 0 Å². The van der Waals surface area contributed by atoms with Crippen molar-refractivity contribution in [3.8, 4) is 0 Å². The third-order valence-electron chi connectivity index (χ3n) is 12.6. The molecule has 0 bridgehead atoms. The molecule has 0 spiro atoms. The number of epoxide rings is 2. The first kappa shape index (κ1) is 27.1. The Balaban J connectivity index is 0.804. The Hall–Kier alpha value is -0.0800. The average molecular weight is 513 g/mol. The van der Waals surface area contributed by atoms with Gasteiger partial charge in [-0.25, -0.2) is 0 Å². The predicted molar refractivity (Wildman–Crippen MR) is 154 cm³/mol. The van der Waals surface area contributed by atoms with Crippen molar-refractivity contribution in [3.63, 3.8) is 0 Å². The van der Waals surface area contributed by atoms with E-state index >= 15 is 0 Å². The van der Waals surface area contributed by atoms with E-state index < -0.39 is 0 Å². The van der Waals surface area contributed by atoms with Gasteiger partial charge in [0.1, 0.15) is 0 Å². The monoisotopic (exact) mass is 512 g/mol. The van der Waals surface area contributed by atoms with Gasteiger partial charge in [0.25, 0.3) is 0 Å². The summed E-state index contributed by atoms with van der Waals surface area (Å²) in [6.07, 6.45) is 33.9. The lowest BCUT2D eigenvalue weighted by molar-refractivity contribution is 0.151. The van der Waals surface area contributed by atoms with Crippen LogP contribution < -0.4 is 0 Å². The van der Waals surface area contributed by atoms with Crippen molar-refractivity contribution < 1.29 is 9.47 Å². The summed E-state index contributed by atoms with van der Waals surface area (Å²) in [6.45, 7) is 4.66. The molecule has 4 atom stereocenters. The topological polar surface area (TPSA) is 25.1 Å². The third kappa shape index (κ3) is 7.99. The highest BCUT2D eigenvalue weighted by Gasteiger charge is 2.47. The number of ether oxygens (including phenoxy) is 2. The predicted octanol–water partition coefficient (Wildman–Crippen LogP) is 9.74. The van der Waals surface area contributed by atoms with Crippen LogP contribution >= 0.6 is 0 Å². The minimum Gasteiger partial charge on any atom is -0.370 e. The lowest BCUT2D eigenvalue weighted by atomic mass is 9.69. The summed E-state index contributed by atoms with van der Waals surface area (Å²) in [5.41, 5.74) is 0. The second-order valence-electron chi connectivity index (χ2n) is 15.6. The van der Waals surface area contributed by atoms with Crippen LogP contribution in [0.2, 0.25) is 0 Å². The van der Waals surface area contributed by atoms with Crippen LogP contribution in [0, 0.1) is 47.3 Å². The first-order valence-electron chi connectivity index (χ1n) is 17.4. The smallest absolute Gasteiger partial charge is 0.0867 e. The summed E-state index contributed by atoms with van der Waals surface area (Å²) >= 11 is 0. The highest BCUT2D eigenvalue weighted by atomic mass is 16.6. The van der Waals surface area contributed by atoms with E-state index in [1.807, 2.05) is 0 Å². The van der Waals surface area contributed by atoms with Crippen LogP contribution in [0.3, 0.4) is 0 Å². The molecule has 0 aromatic carbocycles. The van der Waals surface area contributed by atoms with Gasteiger partial charge in [0.15, 0.2) is 0 Å². The molecule has 4 aliphatic carbocycles. The van der Waals surface area contributed by atoms with E-state index in [4.69, 9.17) is 9.47 Å². The largest absolute Gasteiger partial charge is 0.370 e. The highest BCUT2D eigenvalue weighted by molar-refractivity contribution is 4.94. The maximum absolute atomic E-state index is 5.99. The second kappa shape index (κ2) is 12.6. The van der Waals surface area contributed by atoms with E-state index in [1.165, 1.54) is 57.8 Å². The molecule has 0 aromatic heterocycles. The summed E-state index contributed by atoms with van der Waals surface area (Å²) in [5, 5.41) is 0. The lowest BCUT2D eigenvalue weighted by Crippen LogP contribution is -2.24. The van der Waals surface area contributed by atoms with Crippen LogP contribution in [-0.4, -0.2) is 24.4 Å². The second-order valence-corrected chi connectivity index (χ2v) is 15.6. The maximum atomic E-state index is 5.99. The zero-order valence-electron chi connectivity index (χ0n) is 24.6. The number of hydrogen-bond donors (Lipinski definition) is 0. The summed E-state index contributed by atoms with van der Waals surface area (Å²) in [7, 11) is 0. The first-order chi connectivity index (χ1) is 18.1. The minimum absolute atomic E-state index is 0.496. The standard InChI is InChI=1S/C35H60O2/c1-24-3-5-26(6-4-24)19-27-7-9-28(10-8-27)20-29-11-13-30(14-12-29)21-31-15-17-32(18-16-31)22-34-35(37-34)23-33-25(2)36-33/h24-35H,3-23H2,1-2H3. The molecule has 2 heterocycles. The van der Waals surface area contributed by atoms with Crippen molar-refractivity contribution >= 4 is 0 Å². The minimum atomic E-state index is 0.496. The van der Waals surface area contributed by atoms with Gasteiger partial charge in [0, 0.05) is 6.42 Å². The van der Waals surface area contributed by atoms with Crippen molar-refractivity contribution in [2.24, 2.45) is 47.3 Å². The normalized spacial score (nSPS) is 48.5. The third-order valence-corrected chi connectivity index (χ3v) is 12.6. The van der Waals surface area contributed by atoms with E-state index in [0.717, 1.165) is 53.8 Å². The fourth-order valence-corrected chi connectivity index (χ4v) is 9.72. The van der Waals surface area contributed by atoms with Crippen LogP contribution in [0.1, 0.15) is 149 Å². The molecule has 2 nitrogen and oxygen atoms in total. The van der Waals surface area contributed by atoms with Gasteiger partial charge >= 0.3 is 0 Å². The Labute approximate surface area is 229 Å². The Bertz CT molecular complexity index is 673. The highest BCUT2D eigenvalue weighted by Crippen LogP contribution is 2.45. The SMILES string of the molecule is CC1CCC(CC2CCC(CC3CCC(CC4CCC(CC5OC5CC5OC5C)CC4)CC3)CC2)CC1. The van der Waals surface area contributed by atoms with Crippen LogP contribution in [0.4, 0.5) is 0 Å². The van der Waals surface area contributed by atoms with E-state index in [0.29, 0.717) is 24.4 Å². The molecule has 6 rings (SSSR count). The van der Waals surface area contributed by atoms with Crippen LogP contribution in [0.15, 0.2) is 0 Å². The maximum Gasteiger partial charge on any atom is 0.0867 e. The van der Waals surface area contributed by atoms with Gasteiger partial charge in [-0.15, -0.1) is 0 Å². The molecule has 0 radical (unpaired) electrons. The van der Waals surface area contributed by atoms with E-state index in [1.54, 1.807) is 70.6 Å². The summed E-state index contributed by atoms with van der Waals surface area (Å²) in [4.78, 5) is 0. The van der Waals surface area contributed by atoms with Crippen molar-refractivity contribution in [2.45, 2.75) is 173 Å². The van der Waals surface area contributed by atoms with Gasteiger partial charge in [-0.3, -0.25) is 0 Å². The molecule has 37 heavy (non-hydrogen) atoms. The molecule has 2 saturated heterocycles. The fourth-order valence-electron chi connectivity index (χ4n) is 9.72. The van der Waals surface area contributed by atoms with Gasteiger partial charge in [0.05, 0.1) is 24.4 Å². The van der Waals surface area contributed by atoms with Gasteiger partial charge in [-0.1, -0.05) is 110 Å². The Morgan fingerprint density at radius 1 is 0.351 bits per heavy atom. The molecule has 2 aliphatic heterocycles. The van der Waals surface area contributed by atoms with Crippen molar-refractivity contribution in [1.29, 1.82) is 0 Å². The molecule has 4 unspecified atom stereocenters. The number of hydrogen-bond acceptors (Lipinski definition) is 2. The Morgan fingerprint density at radius 3 is 1.00 bits per heavy atom. The van der Waals surface area contributed by atoms with Gasteiger partial charge in [0.2, 0.25) is 0 Å². The Kier molecular flexibility index (Phi) is 9.24. The van der Waals surface area contributed by atoms with Crippen LogP contribution in [-0.2, 0) is 9.47 Å². The molecular weight excluding hydrogens is 452 g/mol. The molecule has 0 aromatic rings. The molecular formula is C35H60O2. The van der Waals surface area contributed by atoms with E-state index in [2.05, 4.69) is 13.8 Å². The molecule has 6 aliphatic rings. The summed E-state index contributed by atoms with van der Waals surface area (Å²) in [6, 6.07) is 0. The van der Waals surface area contributed by atoms with Crippen molar-refractivity contribution in [3.05, 3.63) is 0 Å². The number of rotatable bonds is 10. The van der Waals surface area contributed by atoms with Crippen molar-refractivity contribution in [1.82, 2.24) is 0 Å².